The average molecular weight is 387 g/mol. The van der Waals surface area contributed by atoms with Crippen molar-refractivity contribution in [1.29, 1.82) is 0 Å². The average Bonchev–Trinajstić information content (AvgIpc) is 2.69. The summed E-state index contributed by atoms with van der Waals surface area (Å²) < 4.78 is 5.95. The summed E-state index contributed by atoms with van der Waals surface area (Å²) in [6, 6.07) is 8.27. The summed E-state index contributed by atoms with van der Waals surface area (Å²) in [6.45, 7) is 4.66. The molecule has 2 heterocycles. The fraction of sp³-hybridized carbons (Fsp3) is 0.652. The van der Waals surface area contributed by atoms with Crippen LogP contribution in [0.4, 0.5) is 0 Å². The lowest BCUT2D eigenvalue weighted by Gasteiger charge is -2.44. The fourth-order valence-corrected chi connectivity index (χ4v) is 4.64. The number of ether oxygens (including phenoxy) is 1. The molecule has 0 radical (unpaired) electrons. The minimum atomic E-state index is 0.135. The van der Waals surface area contributed by atoms with Crippen LogP contribution in [0.25, 0.3) is 0 Å². The molecular formula is C23H34N2O3. The summed E-state index contributed by atoms with van der Waals surface area (Å²) >= 11 is 0. The Balaban J connectivity index is 1.72. The Hall–Kier alpha value is -2.04. The van der Waals surface area contributed by atoms with E-state index in [-0.39, 0.29) is 17.2 Å². The molecule has 1 fully saturated rings. The maximum atomic E-state index is 12.6. The van der Waals surface area contributed by atoms with Crippen LogP contribution in [0.1, 0.15) is 57.4 Å². The third-order valence-electron chi connectivity index (χ3n) is 6.44. The van der Waals surface area contributed by atoms with E-state index >= 15 is 0 Å². The molecule has 28 heavy (non-hydrogen) atoms. The van der Waals surface area contributed by atoms with E-state index in [1.54, 1.807) is 6.92 Å². The zero-order chi connectivity index (χ0) is 20.0. The first-order valence-electron chi connectivity index (χ1n) is 10.7. The van der Waals surface area contributed by atoms with Crippen LogP contribution in [0.2, 0.25) is 0 Å². The molecule has 1 saturated heterocycles. The van der Waals surface area contributed by atoms with Gasteiger partial charge in [-0.25, -0.2) is 0 Å². The Morgan fingerprint density at radius 1 is 1.04 bits per heavy atom. The van der Waals surface area contributed by atoms with Crippen molar-refractivity contribution in [1.82, 2.24) is 9.80 Å². The number of amides is 2. The van der Waals surface area contributed by atoms with Gasteiger partial charge in [-0.3, -0.25) is 9.59 Å². The summed E-state index contributed by atoms with van der Waals surface area (Å²) in [6.07, 6.45) is 7.64. The number of benzene rings is 1. The maximum Gasteiger partial charge on any atom is 0.222 e. The number of fused-ring (bicyclic) bond motifs is 1. The van der Waals surface area contributed by atoms with Gasteiger partial charge in [0.1, 0.15) is 5.75 Å². The van der Waals surface area contributed by atoms with Crippen molar-refractivity contribution in [3.8, 4) is 5.75 Å². The number of nitrogens with zero attached hydrogens (tertiary/aromatic N) is 2. The Morgan fingerprint density at radius 2 is 1.79 bits per heavy atom. The van der Waals surface area contributed by atoms with Crippen molar-refractivity contribution in [3.05, 3.63) is 29.8 Å². The third kappa shape index (κ3) is 5.27. The van der Waals surface area contributed by atoms with Gasteiger partial charge < -0.3 is 14.5 Å². The van der Waals surface area contributed by atoms with Gasteiger partial charge in [0.15, 0.2) is 0 Å². The minimum Gasteiger partial charge on any atom is -0.493 e. The standard InChI is InChI=1S/C23H34N2O3/c1-19(26)25-15-13-23(14-16-25)12-6-5-9-20-8-3-4-10-21(20)28-17-7-11-22(27)24(2)18-23/h3-4,8,10H,5-7,9,11-18H2,1-2H3. The molecule has 0 aromatic heterocycles. The molecule has 1 spiro atoms. The maximum absolute atomic E-state index is 12.6. The topological polar surface area (TPSA) is 49.9 Å². The molecule has 2 aliphatic rings. The number of carbonyl (C=O) groups excluding carboxylic acids is 2. The quantitative estimate of drug-likeness (QED) is 0.684. The van der Waals surface area contributed by atoms with Crippen molar-refractivity contribution in [2.45, 2.75) is 58.3 Å². The van der Waals surface area contributed by atoms with E-state index in [0.717, 1.165) is 70.3 Å². The Bertz CT molecular complexity index is 680. The van der Waals surface area contributed by atoms with Gasteiger partial charge in [0, 0.05) is 40.0 Å². The highest BCUT2D eigenvalue weighted by Gasteiger charge is 2.36. The van der Waals surface area contributed by atoms with Gasteiger partial charge in [0.2, 0.25) is 11.8 Å². The summed E-state index contributed by atoms with van der Waals surface area (Å²) in [5.74, 6) is 1.32. The van der Waals surface area contributed by atoms with Gasteiger partial charge in [-0.2, -0.15) is 0 Å². The monoisotopic (exact) mass is 386 g/mol. The molecule has 154 valence electrons. The summed E-state index contributed by atoms with van der Waals surface area (Å²) in [5.41, 5.74) is 1.40. The van der Waals surface area contributed by atoms with Gasteiger partial charge >= 0.3 is 0 Å². The van der Waals surface area contributed by atoms with Crippen LogP contribution in [-0.4, -0.2) is 54.9 Å². The van der Waals surface area contributed by atoms with Crippen molar-refractivity contribution in [2.24, 2.45) is 5.41 Å². The molecule has 0 bridgehead atoms. The molecule has 0 aliphatic carbocycles. The van der Waals surface area contributed by atoms with E-state index in [2.05, 4.69) is 12.1 Å². The lowest BCUT2D eigenvalue weighted by molar-refractivity contribution is -0.135. The van der Waals surface area contributed by atoms with Gasteiger partial charge in [0.05, 0.1) is 6.61 Å². The highest BCUT2D eigenvalue weighted by Crippen LogP contribution is 2.38. The second kappa shape index (κ2) is 9.44. The Morgan fingerprint density at radius 3 is 2.54 bits per heavy atom. The van der Waals surface area contributed by atoms with Crippen molar-refractivity contribution in [2.75, 3.05) is 33.3 Å². The number of carbonyl (C=O) groups is 2. The first kappa shape index (κ1) is 20.7. The molecule has 0 atom stereocenters. The highest BCUT2D eigenvalue weighted by atomic mass is 16.5. The van der Waals surface area contributed by atoms with Crippen LogP contribution in [-0.2, 0) is 16.0 Å². The first-order valence-corrected chi connectivity index (χ1v) is 10.7. The predicted octanol–water partition coefficient (Wildman–Crippen LogP) is 3.66. The molecule has 2 aliphatic heterocycles. The number of aryl methyl sites for hydroxylation is 1. The Kier molecular flexibility index (Phi) is 6.97. The summed E-state index contributed by atoms with van der Waals surface area (Å²) in [4.78, 5) is 28.2. The zero-order valence-electron chi connectivity index (χ0n) is 17.4. The van der Waals surface area contributed by atoms with E-state index < -0.39 is 0 Å². The smallest absolute Gasteiger partial charge is 0.222 e. The van der Waals surface area contributed by atoms with Crippen molar-refractivity contribution in [3.63, 3.8) is 0 Å². The van der Waals surface area contributed by atoms with Crippen LogP contribution in [0, 0.1) is 5.41 Å². The second-order valence-electron chi connectivity index (χ2n) is 8.52. The molecule has 0 saturated carbocycles. The van der Waals surface area contributed by atoms with E-state index in [1.807, 2.05) is 29.0 Å². The number of likely N-dealkylation sites (tertiary alicyclic amines) is 1. The number of hydrogen-bond acceptors (Lipinski definition) is 3. The zero-order valence-corrected chi connectivity index (χ0v) is 17.4. The lowest BCUT2D eigenvalue weighted by Crippen LogP contribution is -2.48. The van der Waals surface area contributed by atoms with E-state index in [9.17, 15) is 9.59 Å². The minimum absolute atomic E-state index is 0.135. The van der Waals surface area contributed by atoms with Crippen LogP contribution >= 0.6 is 0 Å². The summed E-state index contributed by atoms with van der Waals surface area (Å²) in [5, 5.41) is 0. The van der Waals surface area contributed by atoms with Crippen LogP contribution in [0.5, 0.6) is 5.75 Å². The van der Waals surface area contributed by atoms with E-state index in [1.165, 1.54) is 5.56 Å². The number of rotatable bonds is 0. The molecule has 5 nitrogen and oxygen atoms in total. The van der Waals surface area contributed by atoms with Gasteiger partial charge in [-0.05, 0) is 55.6 Å². The lowest BCUT2D eigenvalue weighted by atomic mass is 9.73. The molecule has 5 heteroatoms. The molecule has 3 rings (SSSR count). The van der Waals surface area contributed by atoms with Crippen LogP contribution in [0.3, 0.4) is 0 Å². The van der Waals surface area contributed by atoms with Gasteiger partial charge in [-0.15, -0.1) is 0 Å². The van der Waals surface area contributed by atoms with Crippen LogP contribution in [0.15, 0.2) is 24.3 Å². The summed E-state index contributed by atoms with van der Waals surface area (Å²) in [7, 11) is 1.93. The van der Waals surface area contributed by atoms with E-state index in [0.29, 0.717) is 13.0 Å². The van der Waals surface area contributed by atoms with Gasteiger partial charge in [0.25, 0.3) is 0 Å². The van der Waals surface area contributed by atoms with Crippen LogP contribution < -0.4 is 4.74 Å². The fourth-order valence-electron chi connectivity index (χ4n) is 4.64. The second-order valence-corrected chi connectivity index (χ2v) is 8.52. The molecule has 0 unspecified atom stereocenters. The van der Waals surface area contributed by atoms with Crippen molar-refractivity contribution < 1.29 is 14.3 Å². The molecule has 1 aromatic carbocycles. The SMILES string of the molecule is CC(=O)N1CCC2(CCCCc3ccccc3OCCCC(=O)N(C)C2)CC1. The number of para-hydroxylation sites is 1. The Labute approximate surface area is 169 Å². The number of piperidine rings is 1. The molecular weight excluding hydrogens is 352 g/mol. The first-order chi connectivity index (χ1) is 13.5. The molecule has 2 amide bonds. The number of hydrogen-bond donors (Lipinski definition) is 0. The molecule has 1 aromatic rings. The molecule has 0 N–H and O–H groups in total. The van der Waals surface area contributed by atoms with E-state index in [4.69, 9.17) is 4.74 Å². The van der Waals surface area contributed by atoms with Crippen molar-refractivity contribution >= 4 is 11.8 Å². The normalized spacial score (nSPS) is 21.6. The highest BCUT2D eigenvalue weighted by molar-refractivity contribution is 5.76. The largest absolute Gasteiger partial charge is 0.493 e. The predicted molar refractivity (Wildman–Crippen MR) is 110 cm³/mol. The van der Waals surface area contributed by atoms with Gasteiger partial charge in [-0.1, -0.05) is 24.6 Å². The third-order valence-corrected chi connectivity index (χ3v) is 6.44.